The lowest BCUT2D eigenvalue weighted by Crippen LogP contribution is -2.39. The van der Waals surface area contributed by atoms with Crippen molar-refractivity contribution in [2.24, 2.45) is 4.99 Å². The van der Waals surface area contributed by atoms with Crippen LogP contribution in [0.15, 0.2) is 90.6 Å². The number of methoxy groups -OCH3 is 1. The summed E-state index contributed by atoms with van der Waals surface area (Å²) < 4.78 is 19.6. The SMILES string of the molecule is CCOC(=O)C1=C(C)N=c2s/c(=C/c3ccc(-c4cccc(Br)c4)o3)c(=O)n2[C@@H]1c1ccc(OC)cc1. The molecular formula is C28H23BrN2O5S. The lowest BCUT2D eigenvalue weighted by molar-refractivity contribution is -0.139. The van der Waals surface area contributed by atoms with Gasteiger partial charge in [0, 0.05) is 16.1 Å². The van der Waals surface area contributed by atoms with E-state index in [0.717, 1.165) is 15.6 Å². The summed E-state index contributed by atoms with van der Waals surface area (Å²) in [6, 6.07) is 18.1. The molecule has 1 aliphatic rings. The van der Waals surface area contributed by atoms with Crippen LogP contribution in [0.2, 0.25) is 0 Å². The Morgan fingerprint density at radius 2 is 1.97 bits per heavy atom. The fraction of sp³-hybridized carbons (Fsp3) is 0.179. The molecule has 2 aromatic heterocycles. The highest BCUT2D eigenvalue weighted by Crippen LogP contribution is 2.31. The van der Waals surface area contributed by atoms with Crippen molar-refractivity contribution in [1.82, 2.24) is 4.57 Å². The number of allylic oxidation sites excluding steroid dienone is 1. The fourth-order valence-corrected chi connectivity index (χ4v) is 5.68. The molecule has 188 valence electrons. The lowest BCUT2D eigenvalue weighted by Gasteiger charge is -2.24. The number of halogens is 1. The number of aromatic nitrogens is 1. The zero-order valence-electron chi connectivity index (χ0n) is 20.4. The minimum atomic E-state index is -0.683. The fourth-order valence-electron chi connectivity index (χ4n) is 4.25. The molecule has 0 spiro atoms. The minimum absolute atomic E-state index is 0.216. The third kappa shape index (κ3) is 4.84. The van der Waals surface area contributed by atoms with Crippen LogP contribution in [0.5, 0.6) is 5.75 Å². The molecule has 1 aliphatic heterocycles. The maximum Gasteiger partial charge on any atom is 0.338 e. The van der Waals surface area contributed by atoms with Crippen LogP contribution in [-0.2, 0) is 9.53 Å². The van der Waals surface area contributed by atoms with E-state index in [9.17, 15) is 9.59 Å². The second-order valence-electron chi connectivity index (χ2n) is 8.29. The Hall–Kier alpha value is -3.69. The molecule has 0 saturated carbocycles. The molecule has 4 aromatic rings. The van der Waals surface area contributed by atoms with Crippen molar-refractivity contribution < 1.29 is 18.7 Å². The largest absolute Gasteiger partial charge is 0.497 e. The quantitative estimate of drug-likeness (QED) is 0.306. The van der Waals surface area contributed by atoms with Gasteiger partial charge in [0.05, 0.1) is 35.6 Å². The molecule has 37 heavy (non-hydrogen) atoms. The highest BCUT2D eigenvalue weighted by atomic mass is 79.9. The summed E-state index contributed by atoms with van der Waals surface area (Å²) in [6.45, 7) is 3.72. The van der Waals surface area contributed by atoms with E-state index in [1.54, 1.807) is 43.7 Å². The average molecular weight is 579 g/mol. The van der Waals surface area contributed by atoms with E-state index in [-0.39, 0.29) is 12.2 Å². The Labute approximate surface area is 225 Å². The number of carbonyl (C=O) groups excluding carboxylic acids is 1. The Morgan fingerprint density at radius 3 is 2.68 bits per heavy atom. The van der Waals surface area contributed by atoms with Gasteiger partial charge < -0.3 is 13.9 Å². The molecule has 0 N–H and O–H groups in total. The maximum absolute atomic E-state index is 13.7. The number of nitrogens with zero attached hydrogens (tertiary/aromatic N) is 2. The maximum atomic E-state index is 13.7. The van der Waals surface area contributed by atoms with Crippen molar-refractivity contribution >= 4 is 39.3 Å². The van der Waals surface area contributed by atoms with E-state index >= 15 is 0 Å². The van der Waals surface area contributed by atoms with Crippen molar-refractivity contribution in [3.8, 4) is 17.1 Å². The Morgan fingerprint density at radius 1 is 1.19 bits per heavy atom. The number of fused-ring (bicyclic) bond motifs is 1. The van der Waals surface area contributed by atoms with Crippen LogP contribution in [0, 0.1) is 0 Å². The number of ether oxygens (including phenoxy) is 2. The van der Waals surface area contributed by atoms with Crippen molar-refractivity contribution in [2.45, 2.75) is 19.9 Å². The standard InChI is InChI=1S/C28H23BrN2O5S/c1-4-35-27(33)24-16(2)30-28-31(25(24)17-8-10-20(34-3)11-9-17)26(32)23(37-28)15-21-12-13-22(36-21)18-6-5-7-19(29)14-18/h5-15,25H,4H2,1-3H3/b23-15+/t25-/m1/s1. The summed E-state index contributed by atoms with van der Waals surface area (Å²) in [4.78, 5) is 31.8. The summed E-state index contributed by atoms with van der Waals surface area (Å²) in [6.07, 6.45) is 1.71. The summed E-state index contributed by atoms with van der Waals surface area (Å²) in [5.74, 6) is 1.41. The molecule has 9 heteroatoms. The van der Waals surface area contributed by atoms with Gasteiger partial charge in [0.1, 0.15) is 17.3 Å². The summed E-state index contributed by atoms with van der Waals surface area (Å²) in [7, 11) is 1.59. The van der Waals surface area contributed by atoms with Crippen LogP contribution in [0.4, 0.5) is 0 Å². The predicted octanol–water partition coefficient (Wildman–Crippen LogP) is 4.83. The minimum Gasteiger partial charge on any atom is -0.497 e. The van der Waals surface area contributed by atoms with E-state index in [0.29, 0.717) is 37.9 Å². The Bertz CT molecular complexity index is 1700. The van der Waals surface area contributed by atoms with Crippen molar-refractivity contribution in [3.63, 3.8) is 0 Å². The van der Waals surface area contributed by atoms with Crippen LogP contribution in [-0.4, -0.2) is 24.3 Å². The third-order valence-corrected chi connectivity index (χ3v) is 7.43. The van der Waals surface area contributed by atoms with Crippen LogP contribution in [0.1, 0.15) is 31.2 Å². The van der Waals surface area contributed by atoms with Crippen LogP contribution < -0.4 is 19.6 Å². The Kier molecular flexibility index (Phi) is 6.99. The van der Waals surface area contributed by atoms with Gasteiger partial charge in [-0.1, -0.05) is 51.5 Å². The van der Waals surface area contributed by atoms with E-state index < -0.39 is 12.0 Å². The zero-order chi connectivity index (χ0) is 26.1. The number of carbonyl (C=O) groups is 1. The van der Waals surface area contributed by atoms with E-state index in [1.165, 1.54) is 11.3 Å². The first-order chi connectivity index (χ1) is 17.9. The second-order valence-corrected chi connectivity index (χ2v) is 10.2. The first-order valence-corrected chi connectivity index (χ1v) is 13.2. The van der Waals surface area contributed by atoms with Gasteiger partial charge in [0.2, 0.25) is 0 Å². The molecule has 1 atom stereocenters. The lowest BCUT2D eigenvalue weighted by atomic mass is 9.96. The molecule has 0 unspecified atom stereocenters. The normalized spacial score (nSPS) is 15.4. The molecule has 0 bridgehead atoms. The highest BCUT2D eigenvalue weighted by Gasteiger charge is 2.33. The first kappa shape index (κ1) is 25.0. The van der Waals surface area contributed by atoms with Gasteiger partial charge in [0.25, 0.3) is 5.56 Å². The van der Waals surface area contributed by atoms with Gasteiger partial charge in [-0.2, -0.15) is 0 Å². The predicted molar refractivity (Wildman–Crippen MR) is 145 cm³/mol. The highest BCUT2D eigenvalue weighted by molar-refractivity contribution is 9.10. The smallest absolute Gasteiger partial charge is 0.338 e. The van der Waals surface area contributed by atoms with Gasteiger partial charge in [-0.15, -0.1) is 0 Å². The third-order valence-electron chi connectivity index (χ3n) is 5.96. The number of benzene rings is 2. The number of hydrogen-bond donors (Lipinski definition) is 0. The Balaban J connectivity index is 1.63. The van der Waals surface area contributed by atoms with Gasteiger partial charge in [-0.3, -0.25) is 9.36 Å². The second kappa shape index (κ2) is 10.4. The van der Waals surface area contributed by atoms with Crippen molar-refractivity contribution in [3.05, 3.63) is 107 Å². The number of esters is 1. The van der Waals surface area contributed by atoms with Gasteiger partial charge in [-0.25, -0.2) is 9.79 Å². The number of rotatable bonds is 6. The van der Waals surface area contributed by atoms with Crippen molar-refractivity contribution in [1.29, 1.82) is 0 Å². The molecular weight excluding hydrogens is 556 g/mol. The van der Waals surface area contributed by atoms with E-state index in [4.69, 9.17) is 13.9 Å². The monoisotopic (exact) mass is 578 g/mol. The van der Waals surface area contributed by atoms with E-state index in [2.05, 4.69) is 20.9 Å². The zero-order valence-corrected chi connectivity index (χ0v) is 22.8. The molecule has 5 rings (SSSR count). The molecule has 0 amide bonds. The topological polar surface area (TPSA) is 83.0 Å². The van der Waals surface area contributed by atoms with Gasteiger partial charge >= 0.3 is 5.97 Å². The van der Waals surface area contributed by atoms with Crippen molar-refractivity contribution in [2.75, 3.05) is 13.7 Å². The number of hydrogen-bond acceptors (Lipinski definition) is 7. The van der Waals surface area contributed by atoms with Crippen LogP contribution in [0.3, 0.4) is 0 Å². The summed E-state index contributed by atoms with van der Waals surface area (Å²) >= 11 is 4.73. The molecule has 7 nitrogen and oxygen atoms in total. The first-order valence-electron chi connectivity index (χ1n) is 11.6. The summed E-state index contributed by atoms with van der Waals surface area (Å²) in [5, 5.41) is 0. The van der Waals surface area contributed by atoms with Crippen LogP contribution in [0.25, 0.3) is 17.4 Å². The number of thiazole rings is 1. The number of furan rings is 1. The molecule has 3 heterocycles. The average Bonchev–Trinajstić information content (AvgIpc) is 3.48. The molecule has 0 aliphatic carbocycles. The van der Waals surface area contributed by atoms with Crippen LogP contribution >= 0.6 is 27.3 Å². The molecule has 2 aromatic carbocycles. The van der Waals surface area contributed by atoms with Gasteiger partial charge in [-0.05, 0) is 55.8 Å². The molecule has 0 saturated heterocycles. The van der Waals surface area contributed by atoms with E-state index in [1.807, 2.05) is 48.5 Å². The molecule has 0 fully saturated rings. The molecule has 0 radical (unpaired) electrons. The summed E-state index contributed by atoms with van der Waals surface area (Å²) in [5.41, 5.74) is 2.26. The van der Waals surface area contributed by atoms with Gasteiger partial charge in [0.15, 0.2) is 4.80 Å².